The van der Waals surface area contributed by atoms with E-state index in [-0.39, 0.29) is 16.9 Å². The van der Waals surface area contributed by atoms with E-state index in [9.17, 15) is 9.90 Å². The summed E-state index contributed by atoms with van der Waals surface area (Å²) in [5.74, 6) is 3.50. The van der Waals surface area contributed by atoms with Gasteiger partial charge in [0.1, 0.15) is 6.29 Å². The SMILES string of the molecule is C[C@H]1CC[C@]2(C=O)CC[C@@]3(C)C(CCC4[C@@]5(C)CC[C@H](O)C(C)(C)C5CC[C@]43C)[C@@H]2C1. The molecule has 0 spiro atoms. The molecule has 0 saturated heterocycles. The van der Waals surface area contributed by atoms with Crippen molar-refractivity contribution in [3.8, 4) is 0 Å². The van der Waals surface area contributed by atoms with E-state index in [0.29, 0.717) is 28.1 Å². The minimum absolute atomic E-state index is 0.0159. The second kappa shape index (κ2) is 6.83. The summed E-state index contributed by atoms with van der Waals surface area (Å²) in [7, 11) is 0. The van der Waals surface area contributed by atoms with E-state index in [0.717, 1.165) is 37.0 Å². The summed E-state index contributed by atoms with van der Waals surface area (Å²) in [5.41, 5.74) is 1.10. The molecular formula is C29H48O2. The predicted molar refractivity (Wildman–Crippen MR) is 127 cm³/mol. The van der Waals surface area contributed by atoms with E-state index in [1.807, 2.05) is 0 Å². The van der Waals surface area contributed by atoms with Crippen molar-refractivity contribution in [2.24, 2.45) is 56.7 Å². The molecule has 0 heterocycles. The maximum Gasteiger partial charge on any atom is 0.126 e. The lowest BCUT2D eigenvalue weighted by atomic mass is 9.32. The number of carbonyl (C=O) groups is 1. The third kappa shape index (κ3) is 2.69. The van der Waals surface area contributed by atoms with Crippen molar-refractivity contribution in [1.29, 1.82) is 0 Å². The molecule has 5 fully saturated rings. The quantitative estimate of drug-likeness (QED) is 0.455. The molecule has 10 atom stereocenters. The highest BCUT2D eigenvalue weighted by molar-refractivity contribution is 5.61. The van der Waals surface area contributed by atoms with E-state index in [1.54, 1.807) is 0 Å². The van der Waals surface area contributed by atoms with Crippen LogP contribution in [0, 0.1) is 56.7 Å². The van der Waals surface area contributed by atoms with Gasteiger partial charge in [0, 0.05) is 5.41 Å². The molecule has 5 aliphatic rings. The van der Waals surface area contributed by atoms with Crippen molar-refractivity contribution in [3.05, 3.63) is 0 Å². The number of aliphatic hydroxyl groups excluding tert-OH is 1. The van der Waals surface area contributed by atoms with Gasteiger partial charge in [0.25, 0.3) is 0 Å². The van der Waals surface area contributed by atoms with Crippen molar-refractivity contribution < 1.29 is 9.90 Å². The Morgan fingerprint density at radius 2 is 1.48 bits per heavy atom. The highest BCUT2D eigenvalue weighted by Gasteiger charge is 2.69. The fourth-order valence-electron chi connectivity index (χ4n) is 11.1. The smallest absolute Gasteiger partial charge is 0.126 e. The molecule has 2 heteroatoms. The number of hydrogen-bond donors (Lipinski definition) is 1. The molecule has 0 amide bonds. The maximum atomic E-state index is 12.5. The molecule has 3 unspecified atom stereocenters. The van der Waals surface area contributed by atoms with E-state index in [1.165, 1.54) is 57.7 Å². The molecule has 0 aromatic heterocycles. The molecule has 0 aliphatic heterocycles. The molecule has 0 aromatic rings. The minimum atomic E-state index is -0.145. The first-order chi connectivity index (χ1) is 14.4. The number of fused-ring (bicyclic) bond motifs is 7. The Bertz CT molecular complexity index is 743. The summed E-state index contributed by atoms with van der Waals surface area (Å²) in [6.07, 6.45) is 14.7. The highest BCUT2D eigenvalue weighted by atomic mass is 16.3. The Morgan fingerprint density at radius 3 is 2.19 bits per heavy atom. The van der Waals surface area contributed by atoms with Crippen LogP contribution in [0.3, 0.4) is 0 Å². The predicted octanol–water partition coefficient (Wildman–Crippen LogP) is 7.04. The van der Waals surface area contributed by atoms with Crippen molar-refractivity contribution >= 4 is 6.29 Å². The summed E-state index contributed by atoms with van der Waals surface area (Å²) >= 11 is 0. The van der Waals surface area contributed by atoms with Gasteiger partial charge in [-0.05, 0) is 122 Å². The van der Waals surface area contributed by atoms with Gasteiger partial charge < -0.3 is 9.90 Å². The van der Waals surface area contributed by atoms with Crippen LogP contribution in [0.5, 0.6) is 0 Å². The summed E-state index contributed by atoms with van der Waals surface area (Å²) in [6, 6.07) is 0. The zero-order valence-corrected chi connectivity index (χ0v) is 21.2. The Kier molecular flexibility index (Phi) is 4.94. The lowest BCUT2D eigenvalue weighted by Gasteiger charge is -2.73. The summed E-state index contributed by atoms with van der Waals surface area (Å²) < 4.78 is 0. The van der Waals surface area contributed by atoms with Crippen LogP contribution in [0.4, 0.5) is 0 Å². The Balaban J connectivity index is 1.53. The van der Waals surface area contributed by atoms with E-state index in [4.69, 9.17) is 0 Å². The van der Waals surface area contributed by atoms with Gasteiger partial charge in [-0.25, -0.2) is 0 Å². The zero-order chi connectivity index (χ0) is 22.4. The van der Waals surface area contributed by atoms with Gasteiger partial charge in [0.05, 0.1) is 6.10 Å². The lowest BCUT2D eigenvalue weighted by Crippen LogP contribution is -2.67. The second-order valence-corrected chi connectivity index (χ2v) is 14.4. The molecule has 5 aliphatic carbocycles. The van der Waals surface area contributed by atoms with Crippen LogP contribution in [0.1, 0.15) is 112 Å². The number of carbonyl (C=O) groups excluding carboxylic acids is 1. The van der Waals surface area contributed by atoms with Gasteiger partial charge >= 0.3 is 0 Å². The van der Waals surface area contributed by atoms with Gasteiger partial charge in [0.2, 0.25) is 0 Å². The zero-order valence-electron chi connectivity index (χ0n) is 21.2. The molecule has 0 radical (unpaired) electrons. The summed E-state index contributed by atoms with van der Waals surface area (Å²) in [5, 5.41) is 10.9. The average Bonchev–Trinajstić information content (AvgIpc) is 2.72. The topological polar surface area (TPSA) is 37.3 Å². The van der Waals surface area contributed by atoms with Crippen LogP contribution in [0.15, 0.2) is 0 Å². The lowest BCUT2D eigenvalue weighted by molar-refractivity contribution is -0.249. The minimum Gasteiger partial charge on any atom is -0.393 e. The summed E-state index contributed by atoms with van der Waals surface area (Å²) in [6.45, 7) is 15.1. The average molecular weight is 429 g/mol. The molecule has 5 saturated carbocycles. The van der Waals surface area contributed by atoms with Crippen molar-refractivity contribution in [3.63, 3.8) is 0 Å². The first-order valence-electron chi connectivity index (χ1n) is 13.6. The molecule has 2 nitrogen and oxygen atoms in total. The first-order valence-corrected chi connectivity index (χ1v) is 13.6. The monoisotopic (exact) mass is 428 g/mol. The van der Waals surface area contributed by atoms with E-state index >= 15 is 0 Å². The fraction of sp³-hybridized carbons (Fsp3) is 0.966. The van der Waals surface area contributed by atoms with Crippen molar-refractivity contribution in [2.75, 3.05) is 0 Å². The molecule has 5 rings (SSSR count). The van der Waals surface area contributed by atoms with Crippen LogP contribution in [0.25, 0.3) is 0 Å². The maximum absolute atomic E-state index is 12.5. The van der Waals surface area contributed by atoms with Crippen LogP contribution in [0.2, 0.25) is 0 Å². The van der Waals surface area contributed by atoms with E-state index < -0.39 is 0 Å². The van der Waals surface area contributed by atoms with Crippen LogP contribution < -0.4 is 0 Å². The van der Waals surface area contributed by atoms with Crippen LogP contribution >= 0.6 is 0 Å². The number of hydrogen-bond acceptors (Lipinski definition) is 2. The van der Waals surface area contributed by atoms with Crippen LogP contribution in [-0.4, -0.2) is 17.5 Å². The molecule has 31 heavy (non-hydrogen) atoms. The van der Waals surface area contributed by atoms with Crippen molar-refractivity contribution in [1.82, 2.24) is 0 Å². The third-order valence-electron chi connectivity index (χ3n) is 13.2. The molecule has 0 bridgehead atoms. The fourth-order valence-corrected chi connectivity index (χ4v) is 11.1. The number of aldehydes is 1. The molecule has 0 aromatic carbocycles. The van der Waals surface area contributed by atoms with Gasteiger partial charge in [-0.15, -0.1) is 0 Å². The molecular weight excluding hydrogens is 380 g/mol. The van der Waals surface area contributed by atoms with Gasteiger partial charge in [-0.3, -0.25) is 0 Å². The van der Waals surface area contributed by atoms with Crippen LogP contribution in [-0.2, 0) is 4.79 Å². The van der Waals surface area contributed by atoms with Gasteiger partial charge in [-0.1, -0.05) is 41.5 Å². The Labute approximate surface area is 191 Å². The largest absolute Gasteiger partial charge is 0.393 e. The third-order valence-corrected chi connectivity index (χ3v) is 13.2. The Morgan fingerprint density at radius 1 is 0.742 bits per heavy atom. The standard InChI is InChI=1S/C29H48O2/c1-19-9-14-29(18-30)16-15-27(5)20(21(29)17-19)7-8-23-26(4)12-11-24(31)25(2,3)22(26)10-13-28(23,27)6/h18-24,31H,7-17H2,1-6H3/t19-,20?,21-,22?,23?,24-,26-,27-,28+,29+/m0/s1. The summed E-state index contributed by atoms with van der Waals surface area (Å²) in [4.78, 5) is 12.5. The second-order valence-electron chi connectivity index (χ2n) is 14.4. The Hall–Kier alpha value is -0.370. The molecule has 1 N–H and O–H groups in total. The normalized spacial score (nSPS) is 58.3. The van der Waals surface area contributed by atoms with Crippen molar-refractivity contribution in [2.45, 2.75) is 118 Å². The highest BCUT2D eigenvalue weighted by Crippen LogP contribution is 2.76. The first kappa shape index (κ1) is 22.4. The van der Waals surface area contributed by atoms with Gasteiger partial charge in [-0.2, -0.15) is 0 Å². The van der Waals surface area contributed by atoms with Gasteiger partial charge in [0.15, 0.2) is 0 Å². The molecule has 176 valence electrons. The number of aliphatic hydroxyl groups is 1. The van der Waals surface area contributed by atoms with E-state index in [2.05, 4.69) is 41.5 Å². The number of rotatable bonds is 1.